The molecule has 1 amide bonds. The lowest BCUT2D eigenvalue weighted by atomic mass is 10.0. The molecule has 2 aromatic heterocycles. The van der Waals surface area contributed by atoms with Crippen molar-refractivity contribution >= 4 is 11.7 Å². The third kappa shape index (κ3) is 3.45. The number of H-pyrrole nitrogens is 1. The van der Waals surface area contributed by atoms with Crippen molar-refractivity contribution < 1.29 is 23.0 Å². The highest BCUT2D eigenvalue weighted by Crippen LogP contribution is 2.37. The van der Waals surface area contributed by atoms with Gasteiger partial charge in [-0.1, -0.05) is 12.1 Å². The predicted octanol–water partition coefficient (Wildman–Crippen LogP) is 3.87. The first-order valence-corrected chi connectivity index (χ1v) is 9.77. The Bertz CT molecular complexity index is 1310. The van der Waals surface area contributed by atoms with Crippen molar-refractivity contribution in [3.05, 3.63) is 71.7 Å². The highest BCUT2D eigenvalue weighted by molar-refractivity contribution is 6.04. The summed E-state index contributed by atoms with van der Waals surface area (Å²) in [4.78, 5) is 12.8. The van der Waals surface area contributed by atoms with E-state index < -0.39 is 17.5 Å². The Balaban J connectivity index is 1.43. The van der Waals surface area contributed by atoms with E-state index in [-0.39, 0.29) is 17.2 Å². The second-order valence-corrected chi connectivity index (χ2v) is 7.10. The van der Waals surface area contributed by atoms with Gasteiger partial charge in [-0.25, -0.2) is 13.5 Å². The summed E-state index contributed by atoms with van der Waals surface area (Å²) in [5, 5.41) is 13.8. The number of hydrogen-bond acceptors (Lipinski definition) is 5. The molecule has 0 atom stereocenters. The van der Waals surface area contributed by atoms with E-state index in [4.69, 9.17) is 9.47 Å². The molecule has 0 fully saturated rings. The standard InChI is InChI=1S/C22H17F2N5O3/c1-12-19(13-5-6-17-18(11-13)32-10-9-31-17)21(27-26-12)25-22(30)16-7-8-29(28-16)20-14(23)3-2-4-15(20)24/h2-8,11H,9-10H2,1H3,(H2,25,26,27,30). The molecule has 0 aliphatic carbocycles. The largest absolute Gasteiger partial charge is 0.486 e. The smallest absolute Gasteiger partial charge is 0.277 e. The molecule has 5 rings (SSSR count). The van der Waals surface area contributed by atoms with Gasteiger partial charge < -0.3 is 14.8 Å². The van der Waals surface area contributed by atoms with E-state index in [2.05, 4.69) is 20.6 Å². The molecule has 0 radical (unpaired) electrons. The van der Waals surface area contributed by atoms with Gasteiger partial charge in [0.05, 0.1) is 0 Å². The third-order valence-corrected chi connectivity index (χ3v) is 5.00. The minimum absolute atomic E-state index is 0.0265. The van der Waals surface area contributed by atoms with Crippen molar-refractivity contribution in [2.75, 3.05) is 18.5 Å². The minimum atomic E-state index is -0.788. The number of aromatic amines is 1. The number of halogens is 2. The van der Waals surface area contributed by atoms with Gasteiger partial charge in [0, 0.05) is 17.5 Å². The summed E-state index contributed by atoms with van der Waals surface area (Å²) in [5.74, 6) is -0.607. The number of carbonyl (C=O) groups is 1. The maximum absolute atomic E-state index is 14.0. The molecular weight excluding hydrogens is 420 g/mol. The second-order valence-electron chi connectivity index (χ2n) is 7.10. The summed E-state index contributed by atoms with van der Waals surface area (Å²) in [6.45, 7) is 2.77. The SMILES string of the molecule is Cc1[nH]nc(NC(=O)c2ccn(-c3c(F)cccc3F)n2)c1-c1ccc2c(c1)OCCO2. The summed E-state index contributed by atoms with van der Waals surface area (Å²) in [6.07, 6.45) is 1.31. The number of nitrogens with one attached hydrogen (secondary N) is 2. The van der Waals surface area contributed by atoms with Gasteiger partial charge in [-0.2, -0.15) is 10.2 Å². The summed E-state index contributed by atoms with van der Waals surface area (Å²) >= 11 is 0. The van der Waals surface area contributed by atoms with Crippen LogP contribution < -0.4 is 14.8 Å². The maximum Gasteiger partial charge on any atom is 0.277 e. The van der Waals surface area contributed by atoms with Crippen LogP contribution in [0.25, 0.3) is 16.8 Å². The van der Waals surface area contributed by atoms with Crippen LogP contribution in [0.4, 0.5) is 14.6 Å². The number of anilines is 1. The normalized spacial score (nSPS) is 12.6. The number of amides is 1. The molecule has 162 valence electrons. The highest BCUT2D eigenvalue weighted by atomic mass is 19.1. The number of hydrogen-bond donors (Lipinski definition) is 2. The number of aryl methyl sites for hydroxylation is 1. The quantitative estimate of drug-likeness (QED) is 0.506. The number of aromatic nitrogens is 4. The van der Waals surface area contributed by atoms with Crippen LogP contribution in [0.2, 0.25) is 0 Å². The number of benzene rings is 2. The third-order valence-electron chi connectivity index (χ3n) is 5.00. The van der Waals surface area contributed by atoms with Gasteiger partial charge >= 0.3 is 0 Å². The van der Waals surface area contributed by atoms with Crippen molar-refractivity contribution in [3.63, 3.8) is 0 Å². The van der Waals surface area contributed by atoms with E-state index in [1.165, 1.54) is 18.3 Å². The maximum atomic E-state index is 14.0. The zero-order valence-corrected chi connectivity index (χ0v) is 16.9. The van der Waals surface area contributed by atoms with Crippen LogP contribution in [0, 0.1) is 18.6 Å². The van der Waals surface area contributed by atoms with Crippen LogP contribution in [0.1, 0.15) is 16.2 Å². The molecule has 0 spiro atoms. The first kappa shape index (κ1) is 19.7. The summed E-state index contributed by atoms with van der Waals surface area (Å²) in [6, 6.07) is 10.3. The van der Waals surface area contributed by atoms with Crippen molar-refractivity contribution in [2.24, 2.45) is 0 Å². The van der Waals surface area contributed by atoms with Crippen molar-refractivity contribution in [2.45, 2.75) is 6.92 Å². The lowest BCUT2D eigenvalue weighted by Gasteiger charge is -2.19. The molecule has 0 saturated carbocycles. The van der Waals surface area contributed by atoms with E-state index >= 15 is 0 Å². The Morgan fingerprint density at radius 1 is 1.09 bits per heavy atom. The molecule has 0 saturated heterocycles. The van der Waals surface area contributed by atoms with Gasteiger partial charge in [-0.15, -0.1) is 0 Å². The Kier molecular flexibility index (Phi) is 4.81. The molecule has 0 bridgehead atoms. The Labute approximate surface area is 180 Å². The first-order valence-electron chi connectivity index (χ1n) is 9.77. The lowest BCUT2D eigenvalue weighted by Crippen LogP contribution is -2.15. The van der Waals surface area contributed by atoms with E-state index in [1.54, 1.807) is 6.07 Å². The van der Waals surface area contributed by atoms with Crippen molar-refractivity contribution in [3.8, 4) is 28.3 Å². The van der Waals surface area contributed by atoms with Gasteiger partial charge in [-0.05, 0) is 42.8 Å². The molecule has 1 aliphatic heterocycles. The van der Waals surface area contributed by atoms with E-state index in [9.17, 15) is 13.6 Å². The Morgan fingerprint density at radius 3 is 2.62 bits per heavy atom. The molecule has 10 heteroatoms. The summed E-state index contributed by atoms with van der Waals surface area (Å²) in [5.41, 5.74) is 1.79. The second kappa shape index (κ2) is 7.80. The Morgan fingerprint density at radius 2 is 1.84 bits per heavy atom. The number of para-hydroxylation sites is 1. The lowest BCUT2D eigenvalue weighted by molar-refractivity contribution is 0.102. The van der Waals surface area contributed by atoms with Gasteiger partial charge in [0.15, 0.2) is 34.6 Å². The molecule has 3 heterocycles. The fourth-order valence-corrected chi connectivity index (χ4v) is 3.52. The zero-order chi connectivity index (χ0) is 22.2. The van der Waals surface area contributed by atoms with Crippen LogP contribution in [-0.2, 0) is 0 Å². The number of nitrogens with zero attached hydrogens (tertiary/aromatic N) is 3. The van der Waals surface area contributed by atoms with E-state index in [0.717, 1.165) is 28.1 Å². The van der Waals surface area contributed by atoms with Crippen LogP contribution in [-0.4, -0.2) is 39.1 Å². The summed E-state index contributed by atoms with van der Waals surface area (Å²) in [7, 11) is 0. The molecule has 2 N–H and O–H groups in total. The fraction of sp³-hybridized carbons (Fsp3) is 0.136. The number of carbonyl (C=O) groups excluding carboxylic acids is 1. The average Bonchev–Trinajstić information content (AvgIpc) is 3.40. The van der Waals surface area contributed by atoms with E-state index in [0.29, 0.717) is 30.3 Å². The fourth-order valence-electron chi connectivity index (χ4n) is 3.52. The average molecular weight is 437 g/mol. The highest BCUT2D eigenvalue weighted by Gasteiger charge is 2.21. The minimum Gasteiger partial charge on any atom is -0.486 e. The number of fused-ring (bicyclic) bond motifs is 1. The first-order chi connectivity index (χ1) is 15.5. The molecule has 8 nitrogen and oxygen atoms in total. The van der Waals surface area contributed by atoms with Crippen LogP contribution in [0.3, 0.4) is 0 Å². The molecule has 4 aromatic rings. The van der Waals surface area contributed by atoms with Gasteiger partial charge in [0.25, 0.3) is 5.91 Å². The van der Waals surface area contributed by atoms with Gasteiger partial charge in [0.1, 0.15) is 18.9 Å². The molecule has 2 aromatic carbocycles. The van der Waals surface area contributed by atoms with Crippen molar-refractivity contribution in [1.29, 1.82) is 0 Å². The predicted molar refractivity (Wildman–Crippen MR) is 111 cm³/mol. The van der Waals surface area contributed by atoms with Crippen LogP contribution in [0.15, 0.2) is 48.7 Å². The molecular formula is C22H17F2N5O3. The summed E-state index contributed by atoms with van der Waals surface area (Å²) < 4.78 is 40.2. The Hall–Kier alpha value is -4.21. The van der Waals surface area contributed by atoms with Crippen LogP contribution >= 0.6 is 0 Å². The molecule has 0 unspecified atom stereocenters. The number of rotatable bonds is 4. The van der Waals surface area contributed by atoms with E-state index in [1.807, 2.05) is 19.1 Å². The molecule has 1 aliphatic rings. The topological polar surface area (TPSA) is 94.1 Å². The van der Waals surface area contributed by atoms with Crippen molar-refractivity contribution in [1.82, 2.24) is 20.0 Å². The number of ether oxygens (including phenoxy) is 2. The monoisotopic (exact) mass is 437 g/mol. The van der Waals surface area contributed by atoms with Gasteiger partial charge in [-0.3, -0.25) is 9.89 Å². The molecule has 32 heavy (non-hydrogen) atoms. The van der Waals surface area contributed by atoms with Crippen LogP contribution in [0.5, 0.6) is 11.5 Å². The zero-order valence-electron chi connectivity index (χ0n) is 16.9. The van der Waals surface area contributed by atoms with Gasteiger partial charge in [0.2, 0.25) is 0 Å².